The highest BCUT2D eigenvalue weighted by molar-refractivity contribution is 5.10. The van der Waals surface area contributed by atoms with Gasteiger partial charge in [-0.3, -0.25) is 0 Å². The maximum Gasteiger partial charge on any atom is 0.218 e. The van der Waals surface area contributed by atoms with E-state index in [4.69, 9.17) is 0 Å². The van der Waals surface area contributed by atoms with Crippen LogP contribution in [-0.2, 0) is 6.42 Å². The summed E-state index contributed by atoms with van der Waals surface area (Å²) in [5.74, 6) is -1.47. The lowest BCUT2D eigenvalue weighted by atomic mass is 10.2. The molecule has 0 radical (unpaired) electrons. The third-order valence-corrected chi connectivity index (χ3v) is 1.94. The summed E-state index contributed by atoms with van der Waals surface area (Å²) in [6.07, 6.45) is 0.541. The number of hydrogen-bond acceptors (Lipinski definition) is 1. The summed E-state index contributed by atoms with van der Waals surface area (Å²) in [7, 11) is 0. The summed E-state index contributed by atoms with van der Waals surface area (Å²) < 4.78 is 24.6. The van der Waals surface area contributed by atoms with Crippen molar-refractivity contribution in [2.24, 2.45) is 0 Å². The van der Waals surface area contributed by atoms with Crippen molar-refractivity contribution in [1.29, 1.82) is 0 Å². The van der Waals surface area contributed by atoms with Crippen LogP contribution in [0.4, 0.5) is 8.78 Å². The summed E-state index contributed by atoms with van der Waals surface area (Å²) in [5.41, 5.74) is 0.446. The molecule has 1 aromatic heterocycles. The van der Waals surface area contributed by atoms with E-state index in [1.807, 2.05) is 77.9 Å². The molecule has 0 saturated heterocycles. The lowest BCUT2D eigenvalue weighted by Gasteiger charge is -1.95. The fourth-order valence-corrected chi connectivity index (χ4v) is 1.09. The zero-order valence-corrected chi connectivity index (χ0v) is 15.0. The molecule has 0 bridgehead atoms. The van der Waals surface area contributed by atoms with Gasteiger partial charge in [0.2, 0.25) is 11.9 Å². The molecule has 0 aliphatic carbocycles. The first kappa shape index (κ1) is 25.2. The molecule has 1 heterocycles. The second kappa shape index (κ2) is 21.5. The molecule has 0 unspecified atom stereocenters. The van der Waals surface area contributed by atoms with Crippen molar-refractivity contribution >= 4 is 0 Å². The molecule has 2 aromatic rings. The minimum Gasteiger partial charge on any atom is -0.190 e. The number of pyridine rings is 1. The van der Waals surface area contributed by atoms with Crippen LogP contribution in [0.1, 0.15) is 54.0 Å². The van der Waals surface area contributed by atoms with Crippen molar-refractivity contribution in [3.8, 4) is 0 Å². The molecule has 126 valence electrons. The van der Waals surface area contributed by atoms with Gasteiger partial charge >= 0.3 is 0 Å². The molecule has 0 saturated carbocycles. The van der Waals surface area contributed by atoms with Gasteiger partial charge in [0.15, 0.2) is 0 Å². The lowest BCUT2D eigenvalue weighted by Crippen LogP contribution is -1.93. The van der Waals surface area contributed by atoms with Gasteiger partial charge in [-0.25, -0.2) is 0 Å². The van der Waals surface area contributed by atoms with Gasteiger partial charge in [0.1, 0.15) is 0 Å². The molecule has 0 amide bonds. The second-order valence-electron chi connectivity index (χ2n) is 3.09. The van der Waals surface area contributed by atoms with Crippen LogP contribution in [0.15, 0.2) is 48.5 Å². The molecule has 0 aliphatic rings. The van der Waals surface area contributed by atoms with Crippen LogP contribution >= 0.6 is 0 Å². The average molecular weight is 311 g/mol. The Morgan fingerprint density at radius 3 is 1.36 bits per heavy atom. The number of rotatable bonds is 1. The number of aromatic nitrogens is 1. The Morgan fingerprint density at radius 2 is 1.09 bits per heavy atom. The van der Waals surface area contributed by atoms with Crippen LogP contribution in [0.25, 0.3) is 0 Å². The lowest BCUT2D eigenvalue weighted by molar-refractivity contribution is 0.504. The van der Waals surface area contributed by atoms with Crippen LogP contribution in [0.3, 0.4) is 0 Å². The SMILES string of the molecule is CC.CC.CC.CCc1ccc(F)nc1F.c1ccccc1. The van der Waals surface area contributed by atoms with Gasteiger partial charge in [0.05, 0.1) is 0 Å². The third kappa shape index (κ3) is 14.6. The summed E-state index contributed by atoms with van der Waals surface area (Å²) in [6, 6.07) is 14.6. The van der Waals surface area contributed by atoms with Crippen molar-refractivity contribution in [2.75, 3.05) is 0 Å². The van der Waals surface area contributed by atoms with Crippen molar-refractivity contribution in [3.05, 3.63) is 66.0 Å². The average Bonchev–Trinajstić information content (AvgIpc) is 2.62. The number of benzene rings is 1. The van der Waals surface area contributed by atoms with E-state index in [0.29, 0.717) is 12.0 Å². The maximum absolute atomic E-state index is 12.5. The fourth-order valence-electron chi connectivity index (χ4n) is 1.09. The van der Waals surface area contributed by atoms with E-state index >= 15 is 0 Å². The number of nitrogens with zero attached hydrogens (tertiary/aromatic N) is 1. The minimum absolute atomic E-state index is 0.446. The Labute approximate surface area is 135 Å². The second-order valence-corrected chi connectivity index (χ2v) is 3.09. The molecule has 22 heavy (non-hydrogen) atoms. The van der Waals surface area contributed by atoms with Crippen molar-refractivity contribution in [3.63, 3.8) is 0 Å². The van der Waals surface area contributed by atoms with E-state index < -0.39 is 11.9 Å². The maximum atomic E-state index is 12.5. The Balaban J connectivity index is -0.000000258. The van der Waals surface area contributed by atoms with E-state index in [2.05, 4.69) is 4.98 Å². The van der Waals surface area contributed by atoms with Crippen LogP contribution in [-0.4, -0.2) is 4.98 Å². The third-order valence-electron chi connectivity index (χ3n) is 1.94. The van der Waals surface area contributed by atoms with Crippen LogP contribution in [0.2, 0.25) is 0 Å². The molecular weight excluding hydrogens is 280 g/mol. The Hall–Kier alpha value is -1.77. The molecule has 0 aliphatic heterocycles. The standard InChI is InChI=1S/C7H7F2N.C6H6.3C2H6/c1-2-5-3-4-6(8)10-7(5)9;1-2-4-6-5-3-1;3*1-2/h3-4H,2H2,1H3;1-6H;3*1-2H3. The van der Waals surface area contributed by atoms with E-state index in [9.17, 15) is 8.78 Å². The number of hydrogen-bond donors (Lipinski definition) is 0. The number of aryl methyl sites for hydroxylation is 1. The first-order valence-electron chi connectivity index (χ1n) is 8.05. The van der Waals surface area contributed by atoms with Gasteiger partial charge in [-0.15, -0.1) is 0 Å². The molecule has 0 atom stereocenters. The van der Waals surface area contributed by atoms with E-state index in [1.165, 1.54) is 6.07 Å². The molecular formula is C19H31F2N. The predicted octanol–water partition coefficient (Wildman–Crippen LogP) is 6.69. The molecule has 0 fully saturated rings. The van der Waals surface area contributed by atoms with Crippen LogP contribution < -0.4 is 0 Å². The highest BCUT2D eigenvalue weighted by atomic mass is 19.1. The summed E-state index contributed by atoms with van der Waals surface area (Å²) in [5, 5.41) is 0. The van der Waals surface area contributed by atoms with E-state index in [-0.39, 0.29) is 0 Å². The van der Waals surface area contributed by atoms with Crippen molar-refractivity contribution < 1.29 is 8.78 Å². The van der Waals surface area contributed by atoms with Crippen molar-refractivity contribution in [2.45, 2.75) is 54.9 Å². The number of halogens is 2. The van der Waals surface area contributed by atoms with Crippen LogP contribution in [0.5, 0.6) is 0 Å². The largest absolute Gasteiger partial charge is 0.218 e. The van der Waals surface area contributed by atoms with Gasteiger partial charge in [-0.2, -0.15) is 13.8 Å². The van der Waals surface area contributed by atoms with Crippen LogP contribution in [0, 0.1) is 11.9 Å². The molecule has 2 rings (SSSR count). The zero-order chi connectivity index (χ0) is 17.8. The van der Waals surface area contributed by atoms with Gasteiger partial charge in [0, 0.05) is 5.56 Å². The first-order valence-corrected chi connectivity index (χ1v) is 8.05. The smallest absolute Gasteiger partial charge is 0.190 e. The molecule has 1 aromatic carbocycles. The summed E-state index contributed by atoms with van der Waals surface area (Å²) in [4.78, 5) is 3.01. The van der Waals surface area contributed by atoms with Gasteiger partial charge < -0.3 is 0 Å². The first-order chi connectivity index (χ1) is 10.7. The highest BCUT2D eigenvalue weighted by Crippen LogP contribution is 2.05. The Kier molecular flexibility index (Phi) is 24.7. The Bertz CT molecular complexity index is 390. The molecule has 3 heteroatoms. The van der Waals surface area contributed by atoms with Gasteiger partial charge in [-0.1, -0.05) is 84.9 Å². The molecule has 0 N–H and O–H groups in total. The quantitative estimate of drug-likeness (QED) is 0.535. The fraction of sp³-hybridized carbons (Fsp3) is 0.421. The highest BCUT2D eigenvalue weighted by Gasteiger charge is 2.01. The summed E-state index contributed by atoms with van der Waals surface area (Å²) in [6.45, 7) is 13.8. The van der Waals surface area contributed by atoms with E-state index in [1.54, 1.807) is 6.92 Å². The summed E-state index contributed by atoms with van der Waals surface area (Å²) >= 11 is 0. The minimum atomic E-state index is -0.769. The van der Waals surface area contributed by atoms with Gasteiger partial charge in [0.25, 0.3) is 0 Å². The predicted molar refractivity (Wildman–Crippen MR) is 94.0 cm³/mol. The Morgan fingerprint density at radius 1 is 0.727 bits per heavy atom. The monoisotopic (exact) mass is 311 g/mol. The van der Waals surface area contributed by atoms with Gasteiger partial charge in [-0.05, 0) is 18.6 Å². The zero-order valence-electron chi connectivity index (χ0n) is 15.0. The van der Waals surface area contributed by atoms with E-state index in [0.717, 1.165) is 6.07 Å². The normalized spacial score (nSPS) is 7.50. The molecule has 1 nitrogen and oxygen atoms in total. The van der Waals surface area contributed by atoms with Crippen molar-refractivity contribution in [1.82, 2.24) is 4.98 Å². The molecule has 0 spiro atoms. The topological polar surface area (TPSA) is 12.9 Å².